The van der Waals surface area contributed by atoms with Gasteiger partial charge in [0.25, 0.3) is 5.91 Å². The first-order chi connectivity index (χ1) is 9.74. The fourth-order valence-corrected chi connectivity index (χ4v) is 1.61. The normalized spacial score (nSPS) is 10.4. The van der Waals surface area contributed by atoms with Crippen molar-refractivity contribution in [2.24, 2.45) is 5.10 Å². The van der Waals surface area contributed by atoms with E-state index in [-0.39, 0.29) is 12.5 Å². The van der Waals surface area contributed by atoms with Crippen LogP contribution in [-0.2, 0) is 4.79 Å². The smallest absolute Gasteiger partial charge is 0.259 e. The number of carbonyl (C=O) groups is 1. The summed E-state index contributed by atoms with van der Waals surface area (Å²) < 4.78 is 0. The Morgan fingerprint density at radius 3 is 3.00 bits per heavy atom. The summed E-state index contributed by atoms with van der Waals surface area (Å²) in [7, 11) is 0. The van der Waals surface area contributed by atoms with Crippen LogP contribution in [0.15, 0.2) is 53.9 Å². The van der Waals surface area contributed by atoms with Gasteiger partial charge in [-0.2, -0.15) is 5.10 Å². The predicted octanol–water partition coefficient (Wildman–Crippen LogP) is 1.95. The summed E-state index contributed by atoms with van der Waals surface area (Å²) >= 11 is 0. The molecule has 0 unspecified atom stereocenters. The maximum absolute atomic E-state index is 11.6. The highest BCUT2D eigenvalue weighted by molar-refractivity contribution is 5.84. The van der Waals surface area contributed by atoms with E-state index in [1.54, 1.807) is 18.6 Å². The van der Waals surface area contributed by atoms with Crippen molar-refractivity contribution >= 4 is 17.8 Å². The Morgan fingerprint density at radius 1 is 1.35 bits per heavy atom. The van der Waals surface area contributed by atoms with Crippen LogP contribution in [0.4, 0.5) is 5.69 Å². The van der Waals surface area contributed by atoms with Crippen molar-refractivity contribution in [3.8, 4) is 0 Å². The van der Waals surface area contributed by atoms with Gasteiger partial charge >= 0.3 is 0 Å². The molecular weight excluding hydrogens is 252 g/mol. The van der Waals surface area contributed by atoms with E-state index in [9.17, 15) is 4.79 Å². The summed E-state index contributed by atoms with van der Waals surface area (Å²) in [5.74, 6) is -0.202. The lowest BCUT2D eigenvalue weighted by atomic mass is 10.2. The summed E-state index contributed by atoms with van der Waals surface area (Å²) in [5, 5.41) is 6.90. The van der Waals surface area contributed by atoms with Gasteiger partial charge in [0, 0.05) is 23.6 Å². The Hall–Kier alpha value is -2.69. The van der Waals surface area contributed by atoms with Crippen LogP contribution in [0.2, 0.25) is 0 Å². The van der Waals surface area contributed by atoms with E-state index in [1.165, 1.54) is 0 Å². The molecule has 1 heterocycles. The Labute approximate surface area is 117 Å². The number of carbonyl (C=O) groups excluding carboxylic acids is 1. The lowest BCUT2D eigenvalue weighted by molar-refractivity contribution is -0.119. The molecule has 0 aliphatic heterocycles. The number of anilines is 1. The Bertz CT molecular complexity index is 596. The zero-order valence-electron chi connectivity index (χ0n) is 11.2. The minimum atomic E-state index is -0.202. The molecule has 20 heavy (non-hydrogen) atoms. The number of amides is 1. The molecule has 2 rings (SSSR count). The van der Waals surface area contributed by atoms with E-state index >= 15 is 0 Å². The van der Waals surface area contributed by atoms with Crippen LogP contribution in [0, 0.1) is 6.92 Å². The summed E-state index contributed by atoms with van der Waals surface area (Å²) in [6.07, 6.45) is 4.90. The first-order valence-corrected chi connectivity index (χ1v) is 6.26. The van der Waals surface area contributed by atoms with Gasteiger partial charge < -0.3 is 5.32 Å². The molecule has 1 aromatic carbocycles. The molecule has 0 radical (unpaired) electrons. The van der Waals surface area contributed by atoms with E-state index in [1.807, 2.05) is 43.3 Å². The van der Waals surface area contributed by atoms with Gasteiger partial charge in [-0.05, 0) is 30.7 Å². The van der Waals surface area contributed by atoms with Crippen molar-refractivity contribution in [3.63, 3.8) is 0 Å². The van der Waals surface area contributed by atoms with Gasteiger partial charge in [-0.1, -0.05) is 18.2 Å². The fourth-order valence-electron chi connectivity index (χ4n) is 1.61. The maximum atomic E-state index is 11.6. The second-order valence-electron chi connectivity index (χ2n) is 4.30. The zero-order valence-corrected chi connectivity index (χ0v) is 11.2. The number of aryl methyl sites for hydroxylation is 1. The maximum Gasteiger partial charge on any atom is 0.259 e. The molecular formula is C15H16N4O. The monoisotopic (exact) mass is 268 g/mol. The topological polar surface area (TPSA) is 66.4 Å². The van der Waals surface area contributed by atoms with Crippen LogP contribution in [0.25, 0.3) is 0 Å². The molecule has 0 bridgehead atoms. The molecule has 0 saturated heterocycles. The first kappa shape index (κ1) is 13.7. The Balaban J connectivity index is 1.77. The van der Waals surface area contributed by atoms with Crippen LogP contribution in [0.3, 0.4) is 0 Å². The Morgan fingerprint density at radius 2 is 2.25 bits per heavy atom. The standard InChI is InChI=1S/C15H16N4O/c1-12-4-2-6-14(8-12)17-11-15(20)19-18-10-13-5-3-7-16-9-13/h2-10,17H,11H2,1H3,(H,19,20)/b18-10+. The summed E-state index contributed by atoms with van der Waals surface area (Å²) in [4.78, 5) is 15.5. The van der Waals surface area contributed by atoms with Crippen LogP contribution in [-0.4, -0.2) is 23.7 Å². The van der Waals surface area contributed by atoms with E-state index in [0.29, 0.717) is 0 Å². The number of hydrogen-bond donors (Lipinski definition) is 2. The summed E-state index contributed by atoms with van der Waals surface area (Å²) in [6, 6.07) is 11.5. The zero-order chi connectivity index (χ0) is 14.2. The number of hydrazone groups is 1. The first-order valence-electron chi connectivity index (χ1n) is 6.26. The van der Waals surface area contributed by atoms with Crippen LogP contribution in [0.1, 0.15) is 11.1 Å². The van der Waals surface area contributed by atoms with Crippen LogP contribution in [0.5, 0.6) is 0 Å². The number of rotatable bonds is 5. The van der Waals surface area contributed by atoms with Crippen molar-refractivity contribution in [1.82, 2.24) is 10.4 Å². The number of pyridine rings is 1. The third kappa shape index (κ3) is 4.53. The number of aromatic nitrogens is 1. The predicted molar refractivity (Wildman–Crippen MR) is 79.6 cm³/mol. The Kier molecular flexibility index (Phi) is 4.83. The molecule has 0 saturated carbocycles. The molecule has 2 aromatic rings. The lowest BCUT2D eigenvalue weighted by Gasteiger charge is -2.05. The average Bonchev–Trinajstić information content (AvgIpc) is 2.46. The third-order valence-electron chi connectivity index (χ3n) is 2.56. The molecule has 1 aromatic heterocycles. The second kappa shape index (κ2) is 7.04. The van der Waals surface area contributed by atoms with Crippen LogP contribution < -0.4 is 10.7 Å². The molecule has 0 spiro atoms. The van der Waals surface area contributed by atoms with Crippen molar-refractivity contribution in [2.45, 2.75) is 6.92 Å². The number of benzene rings is 1. The average molecular weight is 268 g/mol. The van der Waals surface area contributed by atoms with Gasteiger partial charge in [-0.25, -0.2) is 5.43 Å². The minimum absolute atomic E-state index is 0.174. The quantitative estimate of drug-likeness (QED) is 0.643. The molecule has 2 N–H and O–H groups in total. The molecule has 0 aliphatic carbocycles. The molecule has 102 valence electrons. The molecule has 1 amide bonds. The van der Waals surface area contributed by atoms with Gasteiger partial charge in [-0.15, -0.1) is 0 Å². The molecule has 0 fully saturated rings. The number of nitrogens with zero attached hydrogens (tertiary/aromatic N) is 2. The van der Waals surface area contributed by atoms with Crippen molar-refractivity contribution in [2.75, 3.05) is 11.9 Å². The molecule has 0 aliphatic rings. The van der Waals surface area contributed by atoms with Gasteiger partial charge in [-0.3, -0.25) is 9.78 Å². The van der Waals surface area contributed by atoms with Crippen molar-refractivity contribution in [3.05, 3.63) is 59.9 Å². The summed E-state index contributed by atoms with van der Waals surface area (Å²) in [5.41, 5.74) is 5.35. The van der Waals surface area contributed by atoms with E-state index in [0.717, 1.165) is 16.8 Å². The number of nitrogens with one attached hydrogen (secondary N) is 2. The van der Waals surface area contributed by atoms with Gasteiger partial charge in [0.15, 0.2) is 0 Å². The minimum Gasteiger partial charge on any atom is -0.376 e. The van der Waals surface area contributed by atoms with Gasteiger partial charge in [0.05, 0.1) is 12.8 Å². The van der Waals surface area contributed by atoms with Crippen molar-refractivity contribution in [1.29, 1.82) is 0 Å². The molecule has 0 atom stereocenters. The van der Waals surface area contributed by atoms with Gasteiger partial charge in [0.1, 0.15) is 0 Å². The van der Waals surface area contributed by atoms with E-state index in [2.05, 4.69) is 20.8 Å². The summed E-state index contributed by atoms with van der Waals surface area (Å²) in [6.45, 7) is 2.18. The fraction of sp³-hybridized carbons (Fsp3) is 0.133. The lowest BCUT2D eigenvalue weighted by Crippen LogP contribution is -2.25. The van der Waals surface area contributed by atoms with Crippen molar-refractivity contribution < 1.29 is 4.79 Å². The highest BCUT2D eigenvalue weighted by Crippen LogP contribution is 2.08. The highest BCUT2D eigenvalue weighted by Gasteiger charge is 1.99. The number of hydrogen-bond acceptors (Lipinski definition) is 4. The molecule has 5 heteroatoms. The van der Waals surface area contributed by atoms with Crippen LogP contribution >= 0.6 is 0 Å². The highest BCUT2D eigenvalue weighted by atomic mass is 16.2. The molecule has 5 nitrogen and oxygen atoms in total. The van der Waals surface area contributed by atoms with Gasteiger partial charge in [0.2, 0.25) is 0 Å². The largest absolute Gasteiger partial charge is 0.376 e. The van der Waals surface area contributed by atoms with E-state index < -0.39 is 0 Å². The van der Waals surface area contributed by atoms with E-state index in [4.69, 9.17) is 0 Å². The second-order valence-corrected chi connectivity index (χ2v) is 4.30. The third-order valence-corrected chi connectivity index (χ3v) is 2.56. The SMILES string of the molecule is Cc1cccc(NCC(=O)N/N=C/c2cccnc2)c1.